The van der Waals surface area contributed by atoms with Crippen molar-refractivity contribution in [2.24, 2.45) is 0 Å². The summed E-state index contributed by atoms with van der Waals surface area (Å²) in [5, 5.41) is 10.00. The Morgan fingerprint density at radius 3 is 2.89 bits per heavy atom. The highest BCUT2D eigenvalue weighted by atomic mass is 32.1. The molecule has 1 fully saturated rings. The molecule has 3 aromatic rings. The van der Waals surface area contributed by atoms with Gasteiger partial charge in [0.15, 0.2) is 0 Å². The number of aromatic nitrogens is 1. The van der Waals surface area contributed by atoms with Gasteiger partial charge in [0, 0.05) is 18.8 Å². The first-order valence-corrected chi connectivity index (χ1v) is 9.63. The number of amides is 3. The molecule has 136 valence electrons. The minimum Gasteiger partial charge on any atom is -0.347 e. The molecule has 0 bridgehead atoms. The van der Waals surface area contributed by atoms with E-state index in [4.69, 9.17) is 0 Å². The molecule has 3 amide bonds. The van der Waals surface area contributed by atoms with Crippen LogP contribution >= 0.6 is 11.3 Å². The molecule has 5 rings (SSSR count). The molecule has 8 heteroatoms. The molecule has 2 aliphatic rings. The van der Waals surface area contributed by atoms with Crippen molar-refractivity contribution < 1.29 is 9.59 Å². The standard InChI is InChI=1S/C19H17N5O2S/c25-17(22-11-6-8-20-10-11)16-15-14-13(7-9-21-18(14)27-16)24(19(26)23-15)12-4-2-1-3-5-12/h1-5,7,9,11,20H,6,8,10H2,(H,22,25)(H,23,26). The fourth-order valence-electron chi connectivity index (χ4n) is 3.61. The molecule has 0 spiro atoms. The van der Waals surface area contributed by atoms with Gasteiger partial charge in [-0.25, -0.2) is 9.78 Å². The van der Waals surface area contributed by atoms with Crippen LogP contribution < -0.4 is 20.9 Å². The third kappa shape index (κ3) is 2.65. The molecule has 1 unspecified atom stereocenters. The van der Waals surface area contributed by atoms with Crippen molar-refractivity contribution in [3.05, 3.63) is 47.5 Å². The van der Waals surface area contributed by atoms with Crippen molar-refractivity contribution in [3.63, 3.8) is 0 Å². The van der Waals surface area contributed by atoms with Crippen molar-refractivity contribution >= 4 is 50.6 Å². The van der Waals surface area contributed by atoms with Crippen LogP contribution in [0.25, 0.3) is 10.2 Å². The van der Waals surface area contributed by atoms with Crippen molar-refractivity contribution in [1.29, 1.82) is 0 Å². The Balaban J connectivity index is 1.61. The maximum absolute atomic E-state index is 12.9. The summed E-state index contributed by atoms with van der Waals surface area (Å²) in [5.41, 5.74) is 2.06. The minimum absolute atomic E-state index is 0.113. The zero-order valence-electron chi connectivity index (χ0n) is 14.4. The maximum atomic E-state index is 12.9. The van der Waals surface area contributed by atoms with E-state index in [2.05, 4.69) is 20.9 Å². The number of pyridine rings is 1. The number of benzene rings is 1. The molecule has 0 aliphatic carbocycles. The Labute approximate surface area is 159 Å². The SMILES string of the molecule is O=C(NC1CCNC1)c1sc2nccc3c2c1NC(=O)N3c1ccccc1. The second-order valence-electron chi connectivity index (χ2n) is 6.58. The zero-order valence-corrected chi connectivity index (χ0v) is 15.2. The largest absolute Gasteiger partial charge is 0.347 e. The highest BCUT2D eigenvalue weighted by Gasteiger charge is 2.33. The summed E-state index contributed by atoms with van der Waals surface area (Å²) < 4.78 is 0. The molecule has 3 N–H and O–H groups in total. The smallest absolute Gasteiger partial charge is 0.331 e. The van der Waals surface area contributed by atoms with E-state index < -0.39 is 0 Å². The Hall–Kier alpha value is -2.97. The molecule has 2 aromatic heterocycles. The van der Waals surface area contributed by atoms with E-state index in [1.54, 1.807) is 11.1 Å². The van der Waals surface area contributed by atoms with Crippen LogP contribution in [0.3, 0.4) is 0 Å². The molecule has 1 saturated heterocycles. The van der Waals surface area contributed by atoms with Gasteiger partial charge >= 0.3 is 6.03 Å². The first-order valence-electron chi connectivity index (χ1n) is 8.81. The summed E-state index contributed by atoms with van der Waals surface area (Å²) in [5.74, 6) is -0.166. The number of nitrogens with zero attached hydrogens (tertiary/aromatic N) is 2. The molecule has 1 atom stereocenters. The number of nitrogens with one attached hydrogen (secondary N) is 3. The minimum atomic E-state index is -0.281. The fourth-order valence-corrected chi connectivity index (χ4v) is 4.63. The van der Waals surface area contributed by atoms with Gasteiger partial charge in [-0.3, -0.25) is 9.69 Å². The molecule has 0 saturated carbocycles. The van der Waals surface area contributed by atoms with Crippen molar-refractivity contribution in [2.45, 2.75) is 12.5 Å². The summed E-state index contributed by atoms with van der Waals surface area (Å²) in [6.07, 6.45) is 2.58. The predicted octanol–water partition coefficient (Wildman–Crippen LogP) is 3.07. The van der Waals surface area contributed by atoms with E-state index in [-0.39, 0.29) is 18.0 Å². The Morgan fingerprint density at radius 1 is 1.26 bits per heavy atom. The predicted molar refractivity (Wildman–Crippen MR) is 106 cm³/mol. The Morgan fingerprint density at radius 2 is 2.11 bits per heavy atom. The lowest BCUT2D eigenvalue weighted by atomic mass is 10.1. The molecular formula is C19H17N5O2S. The molecule has 7 nitrogen and oxygen atoms in total. The van der Waals surface area contributed by atoms with Gasteiger partial charge in [-0.15, -0.1) is 11.3 Å². The Bertz CT molecular complexity index is 1040. The number of carbonyl (C=O) groups excluding carboxylic acids is 2. The summed E-state index contributed by atoms with van der Waals surface area (Å²) in [6, 6.07) is 11.1. The number of carbonyl (C=O) groups is 2. The van der Waals surface area contributed by atoms with Crippen LogP contribution in [0, 0.1) is 0 Å². The molecule has 2 aliphatic heterocycles. The molecule has 27 heavy (non-hydrogen) atoms. The number of thiophene rings is 1. The monoisotopic (exact) mass is 379 g/mol. The lowest BCUT2D eigenvalue weighted by Crippen LogP contribution is -2.37. The average Bonchev–Trinajstić information content (AvgIpc) is 3.31. The lowest BCUT2D eigenvalue weighted by Gasteiger charge is -2.28. The zero-order chi connectivity index (χ0) is 18.4. The second-order valence-corrected chi connectivity index (χ2v) is 7.58. The Kier molecular flexibility index (Phi) is 3.80. The van der Waals surface area contributed by atoms with Crippen molar-refractivity contribution in [3.8, 4) is 0 Å². The summed E-state index contributed by atoms with van der Waals surface area (Å²) in [6.45, 7) is 1.67. The first kappa shape index (κ1) is 16.2. The van der Waals surface area contributed by atoms with Crippen LogP contribution in [-0.4, -0.2) is 36.1 Å². The number of urea groups is 1. The van der Waals surface area contributed by atoms with E-state index in [1.165, 1.54) is 11.3 Å². The summed E-state index contributed by atoms with van der Waals surface area (Å²) in [4.78, 5) is 33.0. The van der Waals surface area contributed by atoms with Gasteiger partial charge < -0.3 is 16.0 Å². The highest BCUT2D eigenvalue weighted by molar-refractivity contribution is 7.21. The second kappa shape index (κ2) is 6.33. The van der Waals surface area contributed by atoms with Gasteiger partial charge in [-0.1, -0.05) is 18.2 Å². The fraction of sp³-hybridized carbons (Fsp3) is 0.211. The van der Waals surface area contributed by atoms with E-state index in [0.29, 0.717) is 10.6 Å². The number of hydrogen-bond acceptors (Lipinski definition) is 5. The topological polar surface area (TPSA) is 86.4 Å². The molecular weight excluding hydrogens is 362 g/mol. The normalized spacial score (nSPS) is 18.6. The van der Waals surface area contributed by atoms with Crippen molar-refractivity contribution in [1.82, 2.24) is 15.6 Å². The number of para-hydroxylation sites is 1. The summed E-state index contributed by atoms with van der Waals surface area (Å²) in [7, 11) is 0. The highest BCUT2D eigenvalue weighted by Crippen LogP contribution is 2.45. The van der Waals surface area contributed by atoms with Crippen LogP contribution in [0.1, 0.15) is 16.1 Å². The maximum Gasteiger partial charge on any atom is 0.331 e. The summed E-state index contributed by atoms with van der Waals surface area (Å²) >= 11 is 1.31. The van der Waals surface area contributed by atoms with Gasteiger partial charge in [0.1, 0.15) is 9.71 Å². The van der Waals surface area contributed by atoms with E-state index in [1.807, 2.05) is 36.4 Å². The van der Waals surface area contributed by atoms with Crippen LogP contribution in [-0.2, 0) is 0 Å². The van der Waals surface area contributed by atoms with E-state index >= 15 is 0 Å². The van der Waals surface area contributed by atoms with Crippen molar-refractivity contribution in [2.75, 3.05) is 23.3 Å². The van der Waals surface area contributed by atoms with E-state index in [9.17, 15) is 9.59 Å². The molecule has 1 aromatic carbocycles. The lowest BCUT2D eigenvalue weighted by molar-refractivity contribution is 0.0945. The van der Waals surface area contributed by atoms with Gasteiger partial charge in [-0.2, -0.15) is 0 Å². The third-order valence-corrected chi connectivity index (χ3v) is 5.96. The first-order chi connectivity index (χ1) is 13.2. The number of rotatable bonds is 3. The van der Waals surface area contributed by atoms with Crippen LogP contribution in [0.5, 0.6) is 0 Å². The quantitative estimate of drug-likeness (QED) is 0.653. The number of hydrogen-bond donors (Lipinski definition) is 3. The van der Waals surface area contributed by atoms with Gasteiger partial charge in [0.05, 0.1) is 22.4 Å². The van der Waals surface area contributed by atoms with Gasteiger partial charge in [-0.05, 0) is 31.2 Å². The number of anilines is 3. The van der Waals surface area contributed by atoms with E-state index in [0.717, 1.165) is 41.1 Å². The van der Waals surface area contributed by atoms with Gasteiger partial charge in [0.2, 0.25) is 0 Å². The third-order valence-electron chi connectivity index (χ3n) is 4.86. The van der Waals surface area contributed by atoms with Crippen LogP contribution in [0.4, 0.5) is 21.9 Å². The van der Waals surface area contributed by atoms with Gasteiger partial charge in [0.25, 0.3) is 5.91 Å². The average molecular weight is 379 g/mol. The van der Waals surface area contributed by atoms with Crippen LogP contribution in [0.2, 0.25) is 0 Å². The molecule has 4 heterocycles. The van der Waals surface area contributed by atoms with Crippen LogP contribution in [0.15, 0.2) is 42.6 Å². The molecule has 0 radical (unpaired) electrons.